The zero-order chi connectivity index (χ0) is 12.4. The van der Waals surface area contributed by atoms with Gasteiger partial charge in [0.2, 0.25) is 0 Å². The monoisotopic (exact) mass is 232 g/mol. The number of hydrogen-bond donors (Lipinski definition) is 1. The number of benzene rings is 1. The van der Waals surface area contributed by atoms with Crippen LogP contribution < -0.4 is 0 Å². The van der Waals surface area contributed by atoms with Crippen molar-refractivity contribution in [2.75, 3.05) is 0 Å². The molecule has 0 heterocycles. The van der Waals surface area contributed by atoms with Gasteiger partial charge in [-0.1, -0.05) is 18.7 Å². The lowest BCUT2D eigenvalue weighted by Crippen LogP contribution is -2.25. The number of rotatable bonds is 2. The Morgan fingerprint density at radius 1 is 1.53 bits per heavy atom. The highest BCUT2D eigenvalue weighted by atomic mass is 16.5. The minimum atomic E-state index is -0.335. The van der Waals surface area contributed by atoms with Crippen LogP contribution >= 0.6 is 0 Å². The molecule has 0 spiro atoms. The first-order chi connectivity index (χ1) is 8.08. The largest absolute Gasteiger partial charge is 0.508 e. The van der Waals surface area contributed by atoms with Gasteiger partial charge in [-0.3, -0.25) is 0 Å². The Morgan fingerprint density at radius 2 is 2.29 bits per heavy atom. The normalized spacial score (nSPS) is 18.3. The molecule has 0 aliphatic heterocycles. The number of carbonyl (C=O) groups excluding carboxylic acids is 1. The van der Waals surface area contributed by atoms with Crippen LogP contribution in [0.1, 0.15) is 24.5 Å². The number of aromatic hydroxyl groups is 1. The molecule has 17 heavy (non-hydrogen) atoms. The molecule has 0 fully saturated rings. The van der Waals surface area contributed by atoms with Crippen LogP contribution in [0.3, 0.4) is 0 Å². The van der Waals surface area contributed by atoms with Gasteiger partial charge >= 0.3 is 5.97 Å². The average Bonchev–Trinajstić information content (AvgIpc) is 2.29. The third-order valence-corrected chi connectivity index (χ3v) is 3.03. The van der Waals surface area contributed by atoms with E-state index in [0.717, 1.165) is 24.0 Å². The molecule has 1 N–H and O–H groups in total. The van der Waals surface area contributed by atoms with Crippen molar-refractivity contribution in [3.63, 3.8) is 0 Å². The summed E-state index contributed by atoms with van der Waals surface area (Å²) in [6.45, 7) is 5.21. The molecule has 3 nitrogen and oxygen atoms in total. The van der Waals surface area contributed by atoms with Crippen LogP contribution in [0, 0.1) is 0 Å². The molecule has 0 radical (unpaired) electrons. The molecule has 1 atom stereocenters. The molecule has 1 aliphatic rings. The molecule has 0 saturated carbocycles. The van der Waals surface area contributed by atoms with Gasteiger partial charge in [0.25, 0.3) is 0 Å². The van der Waals surface area contributed by atoms with Crippen LogP contribution in [0.5, 0.6) is 5.75 Å². The zero-order valence-electron chi connectivity index (χ0n) is 9.90. The maximum atomic E-state index is 11.4. The Bertz CT molecular complexity index is 463. The van der Waals surface area contributed by atoms with Crippen molar-refractivity contribution in [3.05, 3.63) is 41.5 Å². The minimum absolute atomic E-state index is 0.103. The van der Waals surface area contributed by atoms with E-state index in [1.54, 1.807) is 13.0 Å². The highest BCUT2D eigenvalue weighted by Gasteiger charge is 2.23. The van der Waals surface area contributed by atoms with Gasteiger partial charge in [-0.2, -0.15) is 0 Å². The molecule has 90 valence electrons. The van der Waals surface area contributed by atoms with Crippen molar-refractivity contribution in [2.45, 2.75) is 32.3 Å². The summed E-state index contributed by atoms with van der Waals surface area (Å²) in [6, 6.07) is 5.48. The molecule has 0 bridgehead atoms. The second-order valence-corrected chi connectivity index (χ2v) is 4.47. The topological polar surface area (TPSA) is 46.5 Å². The fourth-order valence-corrected chi connectivity index (χ4v) is 2.11. The highest BCUT2D eigenvalue weighted by molar-refractivity contribution is 5.87. The summed E-state index contributed by atoms with van der Waals surface area (Å²) in [4.78, 5) is 11.4. The number of phenolic OH excluding ortho intramolecular Hbond substituents is 1. The zero-order valence-corrected chi connectivity index (χ0v) is 9.90. The molecule has 1 aliphatic carbocycles. The lowest BCUT2D eigenvalue weighted by atomic mass is 9.89. The van der Waals surface area contributed by atoms with Gasteiger partial charge in [-0.25, -0.2) is 4.79 Å². The minimum Gasteiger partial charge on any atom is -0.508 e. The average molecular weight is 232 g/mol. The van der Waals surface area contributed by atoms with Crippen molar-refractivity contribution in [3.8, 4) is 5.75 Å². The van der Waals surface area contributed by atoms with E-state index in [0.29, 0.717) is 17.7 Å². The van der Waals surface area contributed by atoms with Gasteiger partial charge in [0.15, 0.2) is 0 Å². The van der Waals surface area contributed by atoms with Crippen LogP contribution in [0.2, 0.25) is 0 Å². The maximum Gasteiger partial charge on any atom is 0.333 e. The van der Waals surface area contributed by atoms with Crippen LogP contribution in [0.15, 0.2) is 30.4 Å². The Balaban J connectivity index is 2.09. The molecule has 1 aromatic rings. The van der Waals surface area contributed by atoms with E-state index >= 15 is 0 Å². The van der Waals surface area contributed by atoms with Crippen LogP contribution in [0.4, 0.5) is 0 Å². The van der Waals surface area contributed by atoms with Gasteiger partial charge in [0.1, 0.15) is 11.9 Å². The molecule has 2 rings (SSSR count). The van der Waals surface area contributed by atoms with E-state index in [-0.39, 0.29) is 12.1 Å². The first-order valence-corrected chi connectivity index (χ1v) is 5.74. The maximum absolute atomic E-state index is 11.4. The van der Waals surface area contributed by atoms with Crippen molar-refractivity contribution in [1.82, 2.24) is 0 Å². The van der Waals surface area contributed by atoms with Gasteiger partial charge in [0, 0.05) is 12.0 Å². The smallest absolute Gasteiger partial charge is 0.333 e. The number of fused-ring (bicyclic) bond motifs is 1. The Kier molecular flexibility index (Phi) is 3.18. The van der Waals surface area contributed by atoms with Crippen LogP contribution in [-0.4, -0.2) is 17.2 Å². The Hall–Kier alpha value is -1.77. The summed E-state index contributed by atoms with van der Waals surface area (Å²) in [7, 11) is 0. The molecule has 0 saturated heterocycles. The molecule has 1 unspecified atom stereocenters. The van der Waals surface area contributed by atoms with Gasteiger partial charge in [-0.05, 0) is 37.0 Å². The molecule has 1 aromatic carbocycles. The van der Waals surface area contributed by atoms with Crippen LogP contribution in [0.25, 0.3) is 0 Å². The van der Waals surface area contributed by atoms with E-state index in [2.05, 4.69) is 6.58 Å². The Labute approximate surface area is 101 Å². The Morgan fingerprint density at radius 3 is 3.00 bits per heavy atom. The van der Waals surface area contributed by atoms with Crippen LogP contribution in [-0.2, 0) is 22.4 Å². The van der Waals surface area contributed by atoms with Crippen molar-refractivity contribution >= 4 is 5.97 Å². The van der Waals surface area contributed by atoms with E-state index in [1.807, 2.05) is 12.1 Å². The summed E-state index contributed by atoms with van der Waals surface area (Å²) in [5, 5.41) is 9.69. The van der Waals surface area contributed by atoms with Crippen molar-refractivity contribution in [1.29, 1.82) is 0 Å². The summed E-state index contributed by atoms with van der Waals surface area (Å²) in [5.74, 6) is 0.00535. The number of esters is 1. The second-order valence-electron chi connectivity index (χ2n) is 4.47. The number of carbonyl (C=O) groups is 1. The fraction of sp³-hybridized carbons (Fsp3) is 0.357. The van der Waals surface area contributed by atoms with Gasteiger partial charge in [-0.15, -0.1) is 0 Å². The van der Waals surface area contributed by atoms with Gasteiger partial charge < -0.3 is 9.84 Å². The third-order valence-electron chi connectivity index (χ3n) is 3.03. The first-order valence-electron chi connectivity index (χ1n) is 5.74. The molecule has 3 heteroatoms. The number of phenols is 1. The van der Waals surface area contributed by atoms with Crippen molar-refractivity contribution in [2.24, 2.45) is 0 Å². The van der Waals surface area contributed by atoms with Crippen molar-refractivity contribution < 1.29 is 14.6 Å². The van der Waals surface area contributed by atoms with E-state index < -0.39 is 0 Å². The molecular weight excluding hydrogens is 216 g/mol. The summed E-state index contributed by atoms with van der Waals surface area (Å²) in [5.41, 5.74) is 2.47. The quantitative estimate of drug-likeness (QED) is 0.629. The van der Waals surface area contributed by atoms with Gasteiger partial charge in [0.05, 0.1) is 0 Å². The predicted molar refractivity (Wildman–Crippen MR) is 64.8 cm³/mol. The fourth-order valence-electron chi connectivity index (χ4n) is 2.11. The number of ether oxygens (including phenoxy) is 1. The lowest BCUT2D eigenvalue weighted by molar-refractivity contribution is -0.144. The molecular formula is C14H16O3. The van der Waals surface area contributed by atoms with E-state index in [9.17, 15) is 9.90 Å². The van der Waals surface area contributed by atoms with E-state index in [4.69, 9.17) is 4.74 Å². The first kappa shape index (κ1) is 11.7. The SMILES string of the molecule is C=C(C)C(=O)OC1CCc2c(O)cccc2C1. The summed E-state index contributed by atoms with van der Waals surface area (Å²) in [6.07, 6.45) is 2.07. The number of hydrogen-bond acceptors (Lipinski definition) is 3. The summed E-state index contributed by atoms with van der Waals surface area (Å²) < 4.78 is 5.33. The van der Waals surface area contributed by atoms with E-state index in [1.165, 1.54) is 0 Å². The highest BCUT2D eigenvalue weighted by Crippen LogP contribution is 2.29. The standard InChI is InChI=1S/C14H16O3/c1-9(2)14(16)17-11-6-7-12-10(8-11)4-3-5-13(12)15/h3-5,11,15H,1,6-8H2,2H3. The predicted octanol–water partition coefficient (Wildman–Crippen LogP) is 2.37. The lowest BCUT2D eigenvalue weighted by Gasteiger charge is -2.25. The third kappa shape index (κ3) is 2.49. The second kappa shape index (κ2) is 4.62. The molecule has 0 amide bonds. The summed E-state index contributed by atoms with van der Waals surface area (Å²) >= 11 is 0. The molecule has 0 aromatic heterocycles.